The van der Waals surface area contributed by atoms with E-state index in [9.17, 15) is 0 Å². The van der Waals surface area contributed by atoms with Gasteiger partial charge >= 0.3 is 0 Å². The van der Waals surface area contributed by atoms with Gasteiger partial charge in [0.2, 0.25) is 0 Å². The molecule has 39 heavy (non-hydrogen) atoms. The Hall–Kier alpha value is -1.19. The topological polar surface area (TPSA) is 36.4 Å². The maximum absolute atomic E-state index is 5.19. The largest absolute Gasteiger partial charge is 0.318 e. The van der Waals surface area contributed by atoms with Crippen LogP contribution in [0.5, 0.6) is 0 Å². The minimum Gasteiger partial charge on any atom is -0.318 e. The molecule has 0 radical (unpaired) electrons. The second-order valence-corrected chi connectivity index (χ2v) is 14.3. The fourth-order valence-electron chi connectivity index (χ4n) is 9.30. The van der Waals surface area contributed by atoms with Gasteiger partial charge < -0.3 is 10.6 Å². The summed E-state index contributed by atoms with van der Waals surface area (Å²) in [6.45, 7) is 26.8. The third kappa shape index (κ3) is 7.00. The van der Waals surface area contributed by atoms with E-state index in [1.54, 1.807) is 5.57 Å². The number of hydrogen-bond acceptors (Lipinski definition) is 3. The summed E-state index contributed by atoms with van der Waals surface area (Å²) in [7, 11) is 1.95. The van der Waals surface area contributed by atoms with Gasteiger partial charge in [0.15, 0.2) is 0 Å². The van der Waals surface area contributed by atoms with Crippen LogP contribution in [-0.2, 0) is 0 Å². The Bertz CT molecular complexity index is 871. The maximum atomic E-state index is 5.19. The molecule has 0 spiro atoms. The average molecular weight is 538 g/mol. The van der Waals surface area contributed by atoms with E-state index in [4.69, 9.17) is 4.99 Å². The third-order valence-corrected chi connectivity index (χ3v) is 11.9. The van der Waals surface area contributed by atoms with Crippen LogP contribution in [0.4, 0.5) is 0 Å². The van der Waals surface area contributed by atoms with Crippen LogP contribution in [-0.4, -0.2) is 37.9 Å². The van der Waals surface area contributed by atoms with Crippen molar-refractivity contribution in [2.24, 2.45) is 45.4 Å². The van der Waals surface area contributed by atoms with E-state index >= 15 is 0 Å². The lowest BCUT2D eigenvalue weighted by atomic mass is 9.46. The van der Waals surface area contributed by atoms with Crippen LogP contribution in [0, 0.1) is 40.4 Å². The van der Waals surface area contributed by atoms with Gasteiger partial charge in [0.25, 0.3) is 0 Å². The highest BCUT2D eigenvalue weighted by molar-refractivity contribution is 5.85. The zero-order valence-electron chi connectivity index (χ0n) is 26.9. The Morgan fingerprint density at radius 1 is 1.08 bits per heavy atom. The van der Waals surface area contributed by atoms with Gasteiger partial charge in [-0.05, 0) is 126 Å². The molecule has 1 aliphatic heterocycles. The van der Waals surface area contributed by atoms with Crippen molar-refractivity contribution < 1.29 is 0 Å². The molecule has 0 aromatic carbocycles. The number of nitrogens with one attached hydrogen (secondary N) is 2. The smallest absolute Gasteiger partial charge is 0.0389 e. The van der Waals surface area contributed by atoms with E-state index in [1.165, 1.54) is 88.5 Å². The van der Waals surface area contributed by atoms with Crippen molar-refractivity contribution in [1.29, 1.82) is 0 Å². The van der Waals surface area contributed by atoms with Gasteiger partial charge in [0.05, 0.1) is 0 Å². The predicted molar refractivity (Wildman–Crippen MR) is 173 cm³/mol. The van der Waals surface area contributed by atoms with Gasteiger partial charge in [-0.25, -0.2) is 0 Å². The van der Waals surface area contributed by atoms with Crippen LogP contribution in [0.15, 0.2) is 42.0 Å². The minimum atomic E-state index is 0.456. The monoisotopic (exact) mass is 538 g/mol. The maximum Gasteiger partial charge on any atom is 0.0389 e. The molecule has 0 bridgehead atoms. The van der Waals surface area contributed by atoms with Crippen molar-refractivity contribution in [3.8, 4) is 0 Å². The van der Waals surface area contributed by atoms with Crippen molar-refractivity contribution >= 4 is 5.71 Å². The second-order valence-electron chi connectivity index (χ2n) is 14.3. The molecule has 1 saturated heterocycles. The molecule has 3 nitrogen and oxygen atoms in total. The molecular formula is C36H63N3. The molecule has 3 heteroatoms. The van der Waals surface area contributed by atoms with Crippen LogP contribution in [0.1, 0.15) is 112 Å². The molecular weight excluding hydrogens is 474 g/mol. The summed E-state index contributed by atoms with van der Waals surface area (Å²) in [5.41, 5.74) is 5.56. The first-order chi connectivity index (χ1) is 18.6. The highest BCUT2D eigenvalue weighted by Gasteiger charge is 2.59. The van der Waals surface area contributed by atoms with E-state index in [1.807, 2.05) is 7.05 Å². The molecule has 8 atom stereocenters. The molecule has 0 aromatic rings. The summed E-state index contributed by atoms with van der Waals surface area (Å²) in [5.74, 6) is 4.34. The summed E-state index contributed by atoms with van der Waals surface area (Å²) in [4.78, 5) is 5.19. The lowest BCUT2D eigenvalue weighted by molar-refractivity contribution is -0.0417. The van der Waals surface area contributed by atoms with Gasteiger partial charge in [0, 0.05) is 30.3 Å². The lowest BCUT2D eigenvalue weighted by Crippen LogP contribution is -2.50. The lowest BCUT2D eigenvalue weighted by Gasteiger charge is -2.58. The summed E-state index contributed by atoms with van der Waals surface area (Å²) < 4.78 is 0. The molecule has 5 aliphatic rings. The highest BCUT2D eigenvalue weighted by atomic mass is 14.9. The highest BCUT2D eigenvalue weighted by Crippen LogP contribution is 2.67. The molecule has 0 amide bonds. The van der Waals surface area contributed by atoms with Crippen LogP contribution in [0.2, 0.25) is 0 Å². The summed E-state index contributed by atoms with van der Waals surface area (Å²) in [6, 6.07) is 1.37. The van der Waals surface area contributed by atoms with E-state index in [0.29, 0.717) is 16.9 Å². The normalized spacial score (nSPS) is 39.4. The van der Waals surface area contributed by atoms with Crippen molar-refractivity contribution in [3.63, 3.8) is 0 Å². The molecule has 0 aromatic heterocycles. The molecule has 1 heterocycles. The van der Waals surface area contributed by atoms with Gasteiger partial charge in [-0.15, -0.1) is 13.2 Å². The minimum absolute atomic E-state index is 0.456. The van der Waals surface area contributed by atoms with Crippen LogP contribution < -0.4 is 10.6 Å². The number of nitrogens with zero attached hydrogens (tertiary/aromatic N) is 1. The van der Waals surface area contributed by atoms with Gasteiger partial charge in [0.1, 0.15) is 0 Å². The van der Waals surface area contributed by atoms with Gasteiger partial charge in [-0.2, -0.15) is 0 Å². The van der Waals surface area contributed by atoms with Crippen LogP contribution >= 0.6 is 0 Å². The van der Waals surface area contributed by atoms with Crippen molar-refractivity contribution in [2.45, 2.75) is 124 Å². The molecule has 5 rings (SSSR count). The van der Waals surface area contributed by atoms with Crippen LogP contribution in [0.3, 0.4) is 0 Å². The standard InChI is InChI=1S/C30H48N2.C4H11N.C2H4/c1-20-12-15-29(4)23(19-20)8-9-24-26-11-10-25(30(26,5)16-13-27(24)29)22(3)31-17-6-7-28-21(2)14-18-32-28;1-4(2)5-3;1-2/h19,21,24-28,32H,1,6-18H2,2-5H3;4-5H,1-3H3;1-2H2. The first kappa shape index (κ1) is 32.3. The Morgan fingerprint density at radius 2 is 1.79 bits per heavy atom. The van der Waals surface area contributed by atoms with Crippen molar-refractivity contribution in [3.05, 3.63) is 37.0 Å². The zero-order valence-corrected chi connectivity index (χ0v) is 26.9. The quantitative estimate of drug-likeness (QED) is 0.202. The Labute approximate surface area is 242 Å². The van der Waals surface area contributed by atoms with E-state index in [-0.39, 0.29) is 0 Å². The predicted octanol–water partition coefficient (Wildman–Crippen LogP) is 8.78. The SMILES string of the molecule is C=C.C=C1C=C2CCC3C(CCC4(C)C(C(C)=NCCCC5NCCC5C)CCC34)C2(C)CC1.CNC(C)C. The fourth-order valence-corrected chi connectivity index (χ4v) is 9.30. The van der Waals surface area contributed by atoms with Gasteiger partial charge in [-0.1, -0.05) is 58.4 Å². The first-order valence-electron chi connectivity index (χ1n) is 16.4. The molecule has 3 saturated carbocycles. The number of rotatable bonds is 6. The van der Waals surface area contributed by atoms with Crippen molar-refractivity contribution in [2.75, 3.05) is 20.1 Å². The third-order valence-electron chi connectivity index (χ3n) is 11.9. The number of allylic oxidation sites excluding steroid dienone is 3. The molecule has 222 valence electrons. The molecule has 4 aliphatic carbocycles. The Balaban J connectivity index is 0.000000542. The zero-order chi connectivity index (χ0) is 28.8. The summed E-state index contributed by atoms with van der Waals surface area (Å²) in [6.07, 6.45) is 17.4. The van der Waals surface area contributed by atoms with E-state index in [2.05, 4.69) is 78.0 Å². The first-order valence-corrected chi connectivity index (χ1v) is 16.4. The summed E-state index contributed by atoms with van der Waals surface area (Å²) in [5, 5.41) is 6.72. The molecule has 2 N–H and O–H groups in total. The number of hydrogen-bond donors (Lipinski definition) is 2. The fraction of sp³-hybridized carbons (Fsp3) is 0.806. The molecule has 4 fully saturated rings. The Morgan fingerprint density at radius 3 is 2.44 bits per heavy atom. The van der Waals surface area contributed by atoms with E-state index < -0.39 is 0 Å². The number of aliphatic imine (C=N–C) groups is 1. The molecule has 8 unspecified atom stereocenters. The Kier molecular flexibility index (Phi) is 11.7. The summed E-state index contributed by atoms with van der Waals surface area (Å²) >= 11 is 0. The van der Waals surface area contributed by atoms with Crippen LogP contribution in [0.25, 0.3) is 0 Å². The average Bonchev–Trinajstić information content (AvgIpc) is 3.50. The van der Waals surface area contributed by atoms with Gasteiger partial charge in [-0.3, -0.25) is 4.99 Å². The van der Waals surface area contributed by atoms with E-state index in [0.717, 1.165) is 42.2 Å². The second kappa shape index (κ2) is 14.1. The van der Waals surface area contributed by atoms with Crippen molar-refractivity contribution in [1.82, 2.24) is 10.6 Å². The number of fused-ring (bicyclic) bond motifs is 5.